The Balaban J connectivity index is 0.000000158. The molecule has 0 radical (unpaired) electrons. The number of benzene rings is 4. The minimum Gasteiger partial charge on any atom is -0.508 e. The van der Waals surface area contributed by atoms with Gasteiger partial charge in [0.2, 0.25) is 0 Å². The first kappa shape index (κ1) is 41.6. The molecule has 0 aromatic heterocycles. The highest BCUT2D eigenvalue weighted by atomic mass is 16.5. The highest BCUT2D eigenvalue weighted by Crippen LogP contribution is 2.63. The Morgan fingerprint density at radius 3 is 1.45 bits per heavy atom. The van der Waals surface area contributed by atoms with E-state index in [1.54, 1.807) is 31.4 Å². The van der Waals surface area contributed by atoms with Gasteiger partial charge >= 0.3 is 0 Å². The molecule has 62 heavy (non-hydrogen) atoms. The minimum absolute atomic E-state index is 0.0480. The van der Waals surface area contributed by atoms with Gasteiger partial charge in [0, 0.05) is 36.3 Å². The smallest absolute Gasteiger partial charge is 0.255 e. The third-order valence-corrected chi connectivity index (χ3v) is 15.4. The summed E-state index contributed by atoms with van der Waals surface area (Å²) in [6.07, 6.45) is 14.9. The van der Waals surface area contributed by atoms with Crippen molar-refractivity contribution in [1.29, 1.82) is 0 Å². The van der Waals surface area contributed by atoms with Crippen molar-refractivity contribution in [1.82, 2.24) is 10.6 Å². The molecule has 0 unspecified atom stereocenters. The molecule has 0 saturated heterocycles. The molecule has 8 bridgehead atoms. The van der Waals surface area contributed by atoms with Crippen molar-refractivity contribution in [3.8, 4) is 46.0 Å². The van der Waals surface area contributed by atoms with Gasteiger partial charge in [0.25, 0.3) is 11.8 Å². The van der Waals surface area contributed by atoms with Gasteiger partial charge in [-0.1, -0.05) is 12.1 Å². The standard InChI is InChI=1S/C26H31NO5.C24H27NO5/c1-32-24-11-22(29)19(25(31)27-5-4-15-2-3-21(28)23(30)9-15)10-20(24)26-12-16-6-17(13-26)8-18(7-16)14-26;26-19-2-1-13(6-22(19)29)12-25-23(30)17-7-18(21(28)8-20(17)27)24-9-14-3-15(10-24)5-16(4-14)11-24/h2-3,9-11,16-18,28-30H,4-8,12-14H2,1H3,(H,27,31);1-2,6-8,14-16,26-29H,3-5,9-12H2,(H,25,30). The summed E-state index contributed by atoms with van der Waals surface area (Å²) in [6.45, 7) is 0.487. The maximum absolute atomic E-state index is 13.0. The first-order valence-corrected chi connectivity index (χ1v) is 22.3. The average molecular weight is 847 g/mol. The Hall–Kier alpha value is -5.78. The number of ether oxygens (including phenoxy) is 1. The highest BCUT2D eigenvalue weighted by Gasteiger charge is 2.54. The number of methoxy groups -OCH3 is 1. The van der Waals surface area contributed by atoms with Gasteiger partial charge in [0.15, 0.2) is 23.0 Å². The molecule has 0 heterocycles. The summed E-state index contributed by atoms with van der Waals surface area (Å²) >= 11 is 0. The molecular weight excluding hydrogens is 789 g/mol. The van der Waals surface area contributed by atoms with Crippen molar-refractivity contribution >= 4 is 11.8 Å². The first-order chi connectivity index (χ1) is 29.7. The Morgan fingerprint density at radius 2 is 0.952 bits per heavy atom. The van der Waals surface area contributed by atoms with E-state index >= 15 is 0 Å². The molecule has 8 fully saturated rings. The fraction of sp³-hybridized carbons (Fsp3) is 0.480. The molecule has 4 aromatic rings. The summed E-state index contributed by atoms with van der Waals surface area (Å²) in [6, 6.07) is 15.4. The van der Waals surface area contributed by atoms with Crippen LogP contribution in [-0.4, -0.2) is 61.2 Å². The SMILES string of the molecule is COc1cc(O)c(C(=O)NCCc2ccc(O)c(O)c2)cc1C12CC3CC(CC(C3)C1)C2.O=C(NCc1ccc(O)c(O)c1)c1cc(C23CC4CC(CC(C4)C2)C3)c(O)cc1O. The first-order valence-electron chi connectivity index (χ1n) is 22.3. The zero-order chi connectivity index (χ0) is 43.5. The van der Waals surface area contributed by atoms with E-state index in [9.17, 15) is 45.3 Å². The van der Waals surface area contributed by atoms with Gasteiger partial charge in [0.1, 0.15) is 23.0 Å². The summed E-state index contributed by atoms with van der Waals surface area (Å²) in [5.74, 6) is 3.25. The third kappa shape index (κ3) is 7.92. The van der Waals surface area contributed by atoms with E-state index in [0.29, 0.717) is 42.0 Å². The van der Waals surface area contributed by atoms with E-state index in [-0.39, 0.29) is 74.7 Å². The van der Waals surface area contributed by atoms with Crippen LogP contribution < -0.4 is 15.4 Å². The Morgan fingerprint density at radius 1 is 0.516 bits per heavy atom. The average Bonchev–Trinajstić information content (AvgIpc) is 3.21. The Bertz CT molecular complexity index is 2320. The molecule has 9 N–H and O–H groups in total. The van der Waals surface area contributed by atoms with Crippen LogP contribution in [0.5, 0.6) is 46.0 Å². The van der Waals surface area contributed by atoms with Crippen molar-refractivity contribution < 1.29 is 50.1 Å². The topological polar surface area (TPSA) is 209 Å². The number of carbonyl (C=O) groups is 2. The predicted octanol–water partition coefficient (Wildman–Crippen LogP) is 8.16. The van der Waals surface area contributed by atoms with Gasteiger partial charge in [-0.3, -0.25) is 9.59 Å². The third-order valence-electron chi connectivity index (χ3n) is 15.4. The van der Waals surface area contributed by atoms with E-state index in [1.807, 2.05) is 6.07 Å². The summed E-state index contributed by atoms with van der Waals surface area (Å²) in [7, 11) is 1.63. The quantitative estimate of drug-likeness (QED) is 0.0700. The van der Waals surface area contributed by atoms with Crippen LogP contribution in [0.1, 0.15) is 120 Å². The van der Waals surface area contributed by atoms with Crippen molar-refractivity contribution in [2.75, 3.05) is 13.7 Å². The van der Waals surface area contributed by atoms with Crippen LogP contribution in [0.3, 0.4) is 0 Å². The number of rotatable bonds is 10. The van der Waals surface area contributed by atoms with E-state index in [4.69, 9.17) is 4.74 Å². The van der Waals surface area contributed by atoms with Gasteiger partial charge < -0.3 is 51.1 Å². The molecule has 0 aliphatic heterocycles. The summed E-state index contributed by atoms with van der Waals surface area (Å²) in [5.41, 5.74) is 3.69. The van der Waals surface area contributed by atoms with Crippen molar-refractivity contribution in [2.45, 2.75) is 101 Å². The summed E-state index contributed by atoms with van der Waals surface area (Å²) in [5, 5.41) is 75.3. The molecule has 0 spiro atoms. The lowest BCUT2D eigenvalue weighted by molar-refractivity contribution is -0.00634. The van der Waals surface area contributed by atoms with E-state index < -0.39 is 5.91 Å². The molecule has 8 saturated carbocycles. The van der Waals surface area contributed by atoms with Crippen LogP contribution in [0.2, 0.25) is 0 Å². The van der Waals surface area contributed by atoms with Crippen molar-refractivity contribution in [3.05, 3.63) is 94.0 Å². The minimum atomic E-state index is -0.439. The number of hydrogen-bond acceptors (Lipinski definition) is 10. The lowest BCUT2D eigenvalue weighted by Crippen LogP contribution is -2.48. The predicted molar refractivity (Wildman–Crippen MR) is 231 cm³/mol. The molecule has 8 aliphatic carbocycles. The zero-order valence-electron chi connectivity index (χ0n) is 35.2. The lowest BCUT2D eigenvalue weighted by Gasteiger charge is -2.57. The van der Waals surface area contributed by atoms with E-state index in [2.05, 4.69) is 10.6 Å². The molecule has 4 aromatic carbocycles. The van der Waals surface area contributed by atoms with Crippen LogP contribution >= 0.6 is 0 Å². The number of amides is 2. The molecular formula is C50H58N2O10. The molecule has 2 amide bonds. The zero-order valence-corrected chi connectivity index (χ0v) is 35.2. The van der Waals surface area contributed by atoms with Crippen LogP contribution in [0.25, 0.3) is 0 Å². The Labute approximate surface area is 361 Å². The van der Waals surface area contributed by atoms with Crippen LogP contribution in [0.15, 0.2) is 60.7 Å². The maximum atomic E-state index is 13.0. The van der Waals surface area contributed by atoms with Gasteiger partial charge in [-0.25, -0.2) is 0 Å². The Kier molecular flexibility index (Phi) is 10.8. The number of phenolic OH excluding ortho intramolecular Hbond substituents is 7. The van der Waals surface area contributed by atoms with E-state index in [0.717, 1.165) is 73.0 Å². The maximum Gasteiger partial charge on any atom is 0.255 e. The van der Waals surface area contributed by atoms with Crippen LogP contribution in [0.4, 0.5) is 0 Å². The second kappa shape index (κ2) is 16.2. The molecule has 12 rings (SSSR count). The van der Waals surface area contributed by atoms with Crippen molar-refractivity contribution in [2.24, 2.45) is 35.5 Å². The van der Waals surface area contributed by atoms with Gasteiger partial charge in [-0.05, 0) is 177 Å². The number of phenols is 7. The summed E-state index contributed by atoms with van der Waals surface area (Å²) < 4.78 is 5.67. The van der Waals surface area contributed by atoms with E-state index in [1.165, 1.54) is 68.9 Å². The molecule has 12 heteroatoms. The fourth-order valence-corrected chi connectivity index (χ4v) is 13.5. The second-order valence-electron chi connectivity index (χ2n) is 19.7. The number of aromatic hydroxyl groups is 7. The van der Waals surface area contributed by atoms with Gasteiger partial charge in [-0.2, -0.15) is 0 Å². The normalized spacial score (nSPS) is 28.5. The molecule has 0 atom stereocenters. The molecule has 8 aliphatic rings. The monoisotopic (exact) mass is 846 g/mol. The number of nitrogens with one attached hydrogen (secondary N) is 2. The molecule has 328 valence electrons. The fourth-order valence-electron chi connectivity index (χ4n) is 13.5. The van der Waals surface area contributed by atoms with Crippen LogP contribution in [-0.2, 0) is 23.8 Å². The highest BCUT2D eigenvalue weighted by molar-refractivity contribution is 5.98. The molecule has 12 nitrogen and oxygen atoms in total. The largest absolute Gasteiger partial charge is 0.508 e. The van der Waals surface area contributed by atoms with Gasteiger partial charge in [-0.15, -0.1) is 0 Å². The summed E-state index contributed by atoms with van der Waals surface area (Å²) in [4.78, 5) is 25.8. The number of hydrogen-bond donors (Lipinski definition) is 9. The second-order valence-corrected chi connectivity index (χ2v) is 19.7. The number of carbonyl (C=O) groups excluding carboxylic acids is 2. The van der Waals surface area contributed by atoms with Crippen molar-refractivity contribution in [3.63, 3.8) is 0 Å². The lowest BCUT2D eigenvalue weighted by atomic mass is 9.48. The van der Waals surface area contributed by atoms with Crippen LogP contribution in [0, 0.1) is 35.5 Å². The van der Waals surface area contributed by atoms with Gasteiger partial charge in [0.05, 0.1) is 18.2 Å².